The number of carboxylic acid groups (broad SMARTS) is 1. The molecule has 0 radical (unpaired) electrons. The summed E-state index contributed by atoms with van der Waals surface area (Å²) in [6.45, 7) is 2.34. The highest BCUT2D eigenvalue weighted by Crippen LogP contribution is 2.17. The van der Waals surface area contributed by atoms with Gasteiger partial charge in [0.2, 0.25) is 0 Å². The number of amides is 1. The van der Waals surface area contributed by atoms with Gasteiger partial charge in [-0.3, -0.25) is 9.59 Å². The van der Waals surface area contributed by atoms with E-state index < -0.39 is 15.8 Å². The van der Waals surface area contributed by atoms with Gasteiger partial charge in [-0.25, -0.2) is 8.42 Å². The molecule has 23 heavy (non-hydrogen) atoms. The first-order valence-electron chi connectivity index (χ1n) is 7.58. The summed E-state index contributed by atoms with van der Waals surface area (Å²) in [5, 5.41) is 11.3. The quantitative estimate of drug-likeness (QED) is 0.669. The summed E-state index contributed by atoms with van der Waals surface area (Å²) in [4.78, 5) is 22.8. The summed E-state index contributed by atoms with van der Waals surface area (Å²) < 4.78 is 23.2. The Kier molecular flexibility index (Phi) is 7.22. The van der Waals surface area contributed by atoms with E-state index in [1.54, 1.807) is 6.07 Å². The van der Waals surface area contributed by atoms with Crippen molar-refractivity contribution in [3.05, 3.63) is 29.3 Å². The molecule has 0 saturated carbocycles. The summed E-state index contributed by atoms with van der Waals surface area (Å²) in [7, 11) is -3.36. The Bertz CT molecular complexity index is 667. The van der Waals surface area contributed by atoms with Crippen LogP contribution in [0.15, 0.2) is 23.1 Å². The molecule has 0 unspecified atom stereocenters. The Labute approximate surface area is 136 Å². The third-order valence-corrected chi connectivity index (χ3v) is 4.60. The highest BCUT2D eigenvalue weighted by molar-refractivity contribution is 7.90. The van der Waals surface area contributed by atoms with Gasteiger partial charge in [-0.15, -0.1) is 0 Å². The number of nitrogens with one attached hydrogen (secondary N) is 1. The van der Waals surface area contributed by atoms with Gasteiger partial charge in [0, 0.05) is 24.8 Å². The van der Waals surface area contributed by atoms with Crippen LogP contribution in [-0.2, 0) is 21.1 Å². The summed E-state index contributed by atoms with van der Waals surface area (Å²) >= 11 is 0. The molecule has 0 aliphatic heterocycles. The van der Waals surface area contributed by atoms with Crippen molar-refractivity contribution in [1.82, 2.24) is 5.32 Å². The van der Waals surface area contributed by atoms with Crippen molar-refractivity contribution in [2.45, 2.75) is 43.9 Å². The van der Waals surface area contributed by atoms with Gasteiger partial charge in [0.25, 0.3) is 5.91 Å². The molecule has 7 heteroatoms. The van der Waals surface area contributed by atoms with Crippen molar-refractivity contribution < 1.29 is 23.1 Å². The van der Waals surface area contributed by atoms with E-state index in [1.165, 1.54) is 12.1 Å². The average Bonchev–Trinajstić information content (AvgIpc) is 2.48. The molecular formula is C16H23NO5S. The van der Waals surface area contributed by atoms with Gasteiger partial charge >= 0.3 is 5.97 Å². The van der Waals surface area contributed by atoms with Crippen molar-refractivity contribution in [2.24, 2.45) is 0 Å². The second kappa shape index (κ2) is 8.67. The molecule has 0 aromatic heterocycles. The van der Waals surface area contributed by atoms with Crippen molar-refractivity contribution >= 4 is 21.7 Å². The lowest BCUT2D eigenvalue weighted by atomic mass is 10.0. The lowest BCUT2D eigenvalue weighted by Crippen LogP contribution is -2.25. The maximum absolute atomic E-state index is 12.2. The monoisotopic (exact) mass is 341 g/mol. The number of carbonyl (C=O) groups is 2. The summed E-state index contributed by atoms with van der Waals surface area (Å²) in [5.41, 5.74) is 1.17. The maximum atomic E-state index is 12.2. The van der Waals surface area contributed by atoms with Crippen molar-refractivity contribution in [3.8, 4) is 0 Å². The van der Waals surface area contributed by atoms with Crippen LogP contribution in [0.1, 0.15) is 48.5 Å². The minimum atomic E-state index is -3.36. The molecule has 0 spiro atoms. The number of aryl methyl sites for hydroxylation is 1. The molecule has 0 fully saturated rings. The van der Waals surface area contributed by atoms with Gasteiger partial charge in [0.15, 0.2) is 9.84 Å². The number of benzene rings is 1. The second-order valence-electron chi connectivity index (χ2n) is 5.40. The van der Waals surface area contributed by atoms with Gasteiger partial charge in [-0.05, 0) is 37.0 Å². The van der Waals surface area contributed by atoms with Crippen molar-refractivity contribution in [1.29, 1.82) is 0 Å². The zero-order valence-electron chi connectivity index (χ0n) is 13.5. The lowest BCUT2D eigenvalue weighted by molar-refractivity contribution is -0.137. The van der Waals surface area contributed by atoms with E-state index >= 15 is 0 Å². The van der Waals surface area contributed by atoms with Crippen LogP contribution in [0, 0.1) is 0 Å². The first-order chi connectivity index (χ1) is 10.8. The molecule has 128 valence electrons. The second-order valence-corrected chi connectivity index (χ2v) is 7.42. The number of unbranched alkanes of at least 4 members (excludes halogenated alkanes) is 2. The Hall–Kier alpha value is -1.89. The normalized spacial score (nSPS) is 11.2. The number of hydrogen-bond acceptors (Lipinski definition) is 4. The van der Waals surface area contributed by atoms with Crippen LogP contribution in [0.2, 0.25) is 0 Å². The standard InChI is InChI=1S/C16H23NO5S/c1-3-12-8-9-13(23(2,21)22)11-14(12)16(20)17-10-6-4-5-7-15(18)19/h8-9,11H,3-7,10H2,1-2H3,(H,17,20)(H,18,19). The number of aliphatic carboxylic acids is 1. The molecule has 1 rings (SSSR count). The number of carboxylic acids is 1. The van der Waals surface area contributed by atoms with Crippen molar-refractivity contribution in [2.75, 3.05) is 12.8 Å². The molecule has 1 aromatic carbocycles. The zero-order valence-corrected chi connectivity index (χ0v) is 14.3. The van der Waals surface area contributed by atoms with E-state index in [-0.39, 0.29) is 17.2 Å². The predicted molar refractivity (Wildman–Crippen MR) is 87.4 cm³/mol. The molecule has 2 N–H and O–H groups in total. The third-order valence-electron chi connectivity index (χ3n) is 3.49. The maximum Gasteiger partial charge on any atom is 0.303 e. The van der Waals surface area contributed by atoms with Gasteiger partial charge < -0.3 is 10.4 Å². The Morgan fingerprint density at radius 1 is 1.17 bits per heavy atom. The summed E-state index contributed by atoms with van der Waals surface area (Å²) in [5.74, 6) is -1.12. The van der Waals surface area contributed by atoms with E-state index in [0.29, 0.717) is 31.4 Å². The van der Waals surface area contributed by atoms with E-state index in [9.17, 15) is 18.0 Å². The van der Waals surface area contributed by atoms with Crippen LogP contribution in [-0.4, -0.2) is 38.2 Å². The summed E-state index contributed by atoms with van der Waals surface area (Å²) in [6, 6.07) is 4.59. The van der Waals surface area contributed by atoms with Gasteiger partial charge in [0.1, 0.15) is 0 Å². The molecule has 0 saturated heterocycles. The van der Waals surface area contributed by atoms with Gasteiger partial charge in [-0.2, -0.15) is 0 Å². The molecule has 1 aromatic rings. The van der Waals surface area contributed by atoms with E-state index in [0.717, 1.165) is 18.2 Å². The zero-order chi connectivity index (χ0) is 17.5. The van der Waals surface area contributed by atoms with Crippen LogP contribution in [0.3, 0.4) is 0 Å². The van der Waals surface area contributed by atoms with Crippen molar-refractivity contribution in [3.63, 3.8) is 0 Å². The Morgan fingerprint density at radius 3 is 2.43 bits per heavy atom. The van der Waals surface area contributed by atoms with E-state index in [2.05, 4.69) is 5.32 Å². The fourth-order valence-corrected chi connectivity index (χ4v) is 2.83. The highest BCUT2D eigenvalue weighted by atomic mass is 32.2. The third kappa shape index (κ3) is 6.40. The summed E-state index contributed by atoms with van der Waals surface area (Å²) in [6.07, 6.45) is 3.85. The minimum absolute atomic E-state index is 0.126. The van der Waals surface area contributed by atoms with Crippen LogP contribution in [0.4, 0.5) is 0 Å². The number of rotatable bonds is 9. The molecule has 0 atom stereocenters. The fraction of sp³-hybridized carbons (Fsp3) is 0.500. The van der Waals surface area contributed by atoms with Crippen LogP contribution >= 0.6 is 0 Å². The largest absolute Gasteiger partial charge is 0.481 e. The molecule has 0 aliphatic rings. The van der Waals surface area contributed by atoms with E-state index in [1.807, 2.05) is 6.92 Å². The number of carbonyl (C=O) groups excluding carboxylic acids is 1. The SMILES string of the molecule is CCc1ccc(S(C)(=O)=O)cc1C(=O)NCCCCCC(=O)O. The number of hydrogen-bond donors (Lipinski definition) is 2. The molecule has 0 heterocycles. The first-order valence-corrected chi connectivity index (χ1v) is 9.47. The van der Waals surface area contributed by atoms with Gasteiger partial charge in [0.05, 0.1) is 4.90 Å². The van der Waals surface area contributed by atoms with Crippen LogP contribution in [0.25, 0.3) is 0 Å². The van der Waals surface area contributed by atoms with Crippen LogP contribution < -0.4 is 5.32 Å². The molecular weight excluding hydrogens is 318 g/mol. The first kappa shape index (κ1) is 19.2. The number of sulfone groups is 1. The van der Waals surface area contributed by atoms with Crippen LogP contribution in [0.5, 0.6) is 0 Å². The molecule has 1 amide bonds. The minimum Gasteiger partial charge on any atom is -0.481 e. The Balaban J connectivity index is 2.66. The van der Waals surface area contributed by atoms with Gasteiger partial charge in [-0.1, -0.05) is 19.4 Å². The molecule has 0 aliphatic carbocycles. The van der Waals surface area contributed by atoms with E-state index in [4.69, 9.17) is 5.11 Å². The fourth-order valence-electron chi connectivity index (χ4n) is 2.18. The molecule has 6 nitrogen and oxygen atoms in total. The average molecular weight is 341 g/mol. The smallest absolute Gasteiger partial charge is 0.303 e. The Morgan fingerprint density at radius 2 is 1.87 bits per heavy atom. The predicted octanol–water partition coefficient (Wildman–Crippen LogP) is 2.03. The highest BCUT2D eigenvalue weighted by Gasteiger charge is 2.15. The topological polar surface area (TPSA) is 101 Å². The lowest BCUT2D eigenvalue weighted by Gasteiger charge is -2.10. The molecule has 0 bridgehead atoms.